The van der Waals surface area contributed by atoms with Crippen LogP contribution in [0.5, 0.6) is 0 Å². The number of aryl methyl sites for hydroxylation is 2. The van der Waals surface area contributed by atoms with Crippen LogP contribution in [0.25, 0.3) is 39.3 Å². The molecule has 9 nitrogen and oxygen atoms in total. The first-order valence-corrected chi connectivity index (χ1v) is 14.4. The first-order valence-electron chi connectivity index (χ1n) is 14.4. The molecule has 0 spiro atoms. The van der Waals surface area contributed by atoms with Crippen molar-refractivity contribution in [3.63, 3.8) is 0 Å². The summed E-state index contributed by atoms with van der Waals surface area (Å²) in [5.41, 5.74) is 9.34. The van der Waals surface area contributed by atoms with Crippen molar-refractivity contribution in [3.8, 4) is 0 Å². The first-order chi connectivity index (χ1) is 20.5. The Morgan fingerprint density at radius 3 is 2.24 bits per heavy atom. The van der Waals surface area contributed by atoms with Gasteiger partial charge in [-0.05, 0) is 62.3 Å². The van der Waals surface area contributed by atoms with Gasteiger partial charge in [0, 0.05) is 34.8 Å². The quantitative estimate of drug-likeness (QED) is 0.205. The number of carboxylic acid groups (broad SMARTS) is 2. The molecule has 3 atom stereocenters. The van der Waals surface area contributed by atoms with E-state index < -0.39 is 29.6 Å². The van der Waals surface area contributed by atoms with E-state index in [4.69, 9.17) is 19.9 Å². The van der Waals surface area contributed by atoms with Crippen LogP contribution in [0.4, 0.5) is 0 Å². The predicted molar refractivity (Wildman–Crippen MR) is 159 cm³/mol. The summed E-state index contributed by atoms with van der Waals surface area (Å²) in [7, 11) is 0. The molecule has 0 saturated heterocycles. The normalized spacial score (nSPS) is 18.0. The van der Waals surface area contributed by atoms with Crippen molar-refractivity contribution in [2.24, 2.45) is 0 Å². The number of rotatable bonds is 6. The van der Waals surface area contributed by atoms with Crippen LogP contribution in [0.15, 0.2) is 24.8 Å². The molecule has 1 aliphatic carbocycles. The maximum absolute atomic E-state index is 13.7. The van der Waals surface area contributed by atoms with Gasteiger partial charge in [0.25, 0.3) is 0 Å². The van der Waals surface area contributed by atoms with Crippen molar-refractivity contribution >= 4 is 57.0 Å². The number of nitrogens with zero attached hydrogens (tertiary/aromatic N) is 4. The van der Waals surface area contributed by atoms with E-state index in [0.717, 1.165) is 34.4 Å². The van der Waals surface area contributed by atoms with Crippen LogP contribution in [0.2, 0.25) is 0 Å². The summed E-state index contributed by atoms with van der Waals surface area (Å²) in [6.45, 7) is 13.7. The Kier molecular flexibility index (Phi) is 12.0. The number of carboxylic acids is 2. The van der Waals surface area contributed by atoms with Crippen LogP contribution in [0.1, 0.15) is 113 Å². The topological polar surface area (TPSA) is 151 Å². The molecule has 0 unspecified atom stereocenters. The average molecular weight is 684 g/mol. The van der Waals surface area contributed by atoms with E-state index in [9.17, 15) is 24.6 Å². The zero-order chi connectivity index (χ0) is 30.9. The molecule has 3 aliphatic rings. The fourth-order valence-electron chi connectivity index (χ4n) is 6.80. The molecule has 12 heteroatoms. The van der Waals surface area contributed by atoms with E-state index in [2.05, 4.69) is 6.58 Å². The average Bonchev–Trinajstić information content (AvgIpc) is 3.68. The molecular weight excluding hydrogens is 654 g/mol. The van der Waals surface area contributed by atoms with E-state index in [0.29, 0.717) is 39.2 Å². The Bertz CT molecular complexity index is 1990. The number of Topliss-reactive ketones (excluding diaryl/α,β-unsaturated/α-hetero) is 1. The van der Waals surface area contributed by atoms with Gasteiger partial charge in [-0.15, -0.1) is 22.1 Å². The summed E-state index contributed by atoms with van der Waals surface area (Å²) < 4.78 is 0. The Balaban J connectivity index is 0.00000192. The molecule has 0 fully saturated rings. The fourth-order valence-corrected chi connectivity index (χ4v) is 6.80. The molecule has 229 valence electrons. The van der Waals surface area contributed by atoms with Crippen LogP contribution in [0, 0.1) is 13.8 Å². The molecule has 0 saturated carbocycles. The second-order valence-electron chi connectivity index (χ2n) is 11.5. The van der Waals surface area contributed by atoms with Gasteiger partial charge in [0.15, 0.2) is 5.78 Å². The zero-order valence-electron chi connectivity index (χ0n) is 27.0. The summed E-state index contributed by atoms with van der Waals surface area (Å²) in [5, 5.41) is 24.0. The number of aromatic nitrogens is 4. The van der Waals surface area contributed by atoms with Crippen molar-refractivity contribution in [1.29, 1.82) is 0 Å². The molecule has 5 heterocycles. The predicted octanol–water partition coefficient (Wildman–Crippen LogP) is -2.37. The number of hydrogen-bond acceptors (Lipinski definition) is 7. The van der Waals surface area contributed by atoms with E-state index in [1.165, 1.54) is 0 Å². The molecule has 3 aromatic heterocycles. The van der Waals surface area contributed by atoms with E-state index in [1.807, 2.05) is 45.9 Å². The zero-order valence-corrected chi connectivity index (χ0v) is 31.9. The molecule has 3 aromatic rings. The smallest absolute Gasteiger partial charge is 0.657 e. The Morgan fingerprint density at radius 2 is 1.63 bits per heavy atom. The Hall–Kier alpha value is -2.27. The van der Waals surface area contributed by atoms with Gasteiger partial charge in [0.1, 0.15) is 0 Å². The second-order valence-corrected chi connectivity index (χ2v) is 11.5. The summed E-state index contributed by atoms with van der Waals surface area (Å²) >= 11 is 0. The molecule has 2 aliphatic heterocycles. The van der Waals surface area contributed by atoms with Gasteiger partial charge < -0.3 is 29.8 Å². The minimum atomic E-state index is -1.59. The number of ketones is 1. The molecule has 8 bridgehead atoms. The minimum absolute atomic E-state index is 0. The number of fused-ring (bicyclic) bond motifs is 8. The number of hydrogen-bond donors (Lipinski definition) is 0. The van der Waals surface area contributed by atoms with Crippen LogP contribution in [-0.2, 0) is 26.7 Å². The Labute approximate surface area is 321 Å². The number of allylic oxidation sites excluding steroid dienone is 2. The van der Waals surface area contributed by atoms with E-state index in [1.54, 1.807) is 13.0 Å². The molecule has 6 rings (SSSR count). The van der Waals surface area contributed by atoms with Gasteiger partial charge >= 0.3 is 76.2 Å². The largest absolute Gasteiger partial charge is 2.00 e. The molecule has 0 N–H and O–H groups in total. The van der Waals surface area contributed by atoms with Crippen LogP contribution in [0.3, 0.4) is 0 Å². The van der Waals surface area contributed by atoms with Gasteiger partial charge in [-0.3, -0.25) is 9.78 Å². The molecule has 0 amide bonds. The van der Waals surface area contributed by atoms with Gasteiger partial charge in [-0.2, -0.15) is 0 Å². The fraction of sp³-hybridized carbons (Fsp3) is 0.324. The van der Waals surface area contributed by atoms with Crippen LogP contribution in [-0.4, -0.2) is 27.7 Å². The third-order valence-electron chi connectivity index (χ3n) is 9.20. The molecule has 0 aromatic carbocycles. The van der Waals surface area contributed by atoms with Gasteiger partial charge in [0.2, 0.25) is 0 Å². The minimum Gasteiger partial charge on any atom is -0.657 e. The van der Waals surface area contributed by atoms with Gasteiger partial charge in [0.05, 0.1) is 23.3 Å². The summed E-state index contributed by atoms with van der Waals surface area (Å²) in [6, 6.07) is 5.63. The number of carbonyl (C=O) groups is 3. The third kappa shape index (κ3) is 6.08. The third-order valence-corrected chi connectivity index (χ3v) is 9.20. The van der Waals surface area contributed by atoms with Crippen molar-refractivity contribution in [2.75, 3.05) is 0 Å². The van der Waals surface area contributed by atoms with E-state index >= 15 is 0 Å². The van der Waals surface area contributed by atoms with Crippen LogP contribution >= 0.6 is 0 Å². The summed E-state index contributed by atoms with van der Waals surface area (Å²) in [5.74, 6) is -5.76. The number of carbonyl (C=O) groups excluding carboxylic acids is 3. The second kappa shape index (κ2) is 14.5. The van der Waals surface area contributed by atoms with Crippen LogP contribution < -0.4 is 79.3 Å². The van der Waals surface area contributed by atoms with Crippen molar-refractivity contribution in [3.05, 3.63) is 75.4 Å². The van der Waals surface area contributed by atoms with Crippen molar-refractivity contribution in [2.45, 2.75) is 71.6 Å². The maximum atomic E-state index is 13.7. The van der Waals surface area contributed by atoms with Crippen molar-refractivity contribution < 1.29 is 101 Å². The monoisotopic (exact) mass is 683 g/mol. The molecule has 1 radical (unpaired) electrons. The number of aliphatic carboxylic acids is 2. The molecular formula is C34H30CuN4Na2O5. The summed E-state index contributed by atoms with van der Waals surface area (Å²) in [6.07, 6.45) is 2.37. The first kappa shape index (κ1) is 38.2. The summed E-state index contributed by atoms with van der Waals surface area (Å²) in [4.78, 5) is 57.2. The van der Waals surface area contributed by atoms with Gasteiger partial charge in [-0.25, -0.2) is 4.98 Å². The maximum Gasteiger partial charge on any atom is 2.00 e. The van der Waals surface area contributed by atoms with Crippen molar-refractivity contribution in [1.82, 2.24) is 19.9 Å². The SMILES string of the molecule is C=Cc1c(C)c2cc3nc(c4c5[n-]c(cc6nc(cc1[n-]2)C(C)=C6CC)c(C)c5C(=O)[C@@H]4C(=O)[O-])[C@@H](CCC(=O)[O-])[C@@H]3C.[Cu+2].[Na+].[Na+]. The molecule has 46 heavy (non-hydrogen) atoms. The van der Waals surface area contributed by atoms with E-state index in [-0.39, 0.29) is 112 Å². The Morgan fingerprint density at radius 1 is 0.978 bits per heavy atom. The standard InChI is InChI=1S/C34H34N4O5.Cu.2Na/c1-7-18-14(3)21-11-23-16(5)20(9-10-27(39)40)31(37-23)29-30(34(42)43)33(41)28-17(6)24(38-32(28)29)13-26-19(8-2)15(4)22(36-26)12-25(18)35-21;;;/h7,11-13,16,20,30H,1,8-10H2,2-6H3,(H4,35,36,37,38,39,40,41,42,43);;;/q;+2;2*+1/p-4/t16-,20-,30+;;;/m0.../s1. The van der Waals surface area contributed by atoms with Gasteiger partial charge in [-0.1, -0.05) is 55.8 Å².